The van der Waals surface area contributed by atoms with Crippen LogP contribution in [0.4, 0.5) is 11.5 Å². The third-order valence-corrected chi connectivity index (χ3v) is 7.51. The Balaban J connectivity index is 1.54. The van der Waals surface area contributed by atoms with Gasteiger partial charge in [0.05, 0.1) is 24.3 Å². The van der Waals surface area contributed by atoms with Gasteiger partial charge in [-0.05, 0) is 31.2 Å². The highest BCUT2D eigenvalue weighted by Gasteiger charge is 2.64. The fraction of sp³-hybridized carbons (Fsp3) is 0.476. The summed E-state index contributed by atoms with van der Waals surface area (Å²) in [4.78, 5) is 16.2. The van der Waals surface area contributed by atoms with Crippen molar-refractivity contribution in [1.29, 1.82) is 0 Å². The second kappa shape index (κ2) is 6.71. The topological polar surface area (TPSA) is 119 Å². The number of fused-ring (bicyclic) bond motifs is 4. The van der Waals surface area contributed by atoms with Gasteiger partial charge in [-0.15, -0.1) is 10.2 Å². The predicted octanol–water partition coefficient (Wildman–Crippen LogP) is 2.49. The third-order valence-electron chi connectivity index (χ3n) is 6.92. The van der Waals surface area contributed by atoms with E-state index in [9.17, 15) is 8.42 Å². The first-order valence-corrected chi connectivity index (χ1v) is 12.8. The average molecular weight is 453 g/mol. The molecule has 1 spiro atoms. The molecule has 0 aromatic carbocycles. The van der Waals surface area contributed by atoms with Gasteiger partial charge in [-0.3, -0.25) is 14.3 Å². The Morgan fingerprint density at radius 1 is 1.22 bits per heavy atom. The van der Waals surface area contributed by atoms with Crippen molar-refractivity contribution < 1.29 is 8.42 Å². The van der Waals surface area contributed by atoms with Crippen LogP contribution >= 0.6 is 0 Å². The third kappa shape index (κ3) is 2.83. The number of hydrogen-bond acceptors (Lipinski definition) is 8. The molecule has 11 heteroatoms. The smallest absolute Gasteiger partial charge is 0.229 e. The molecular weight excluding hydrogens is 428 g/mol. The number of aromatic nitrogens is 6. The molecule has 3 aliphatic rings. The molecule has 0 amide bonds. The maximum absolute atomic E-state index is 11.9. The van der Waals surface area contributed by atoms with E-state index in [-0.39, 0.29) is 5.54 Å². The van der Waals surface area contributed by atoms with E-state index in [1.54, 1.807) is 24.8 Å². The average Bonchev–Trinajstić information content (AvgIpc) is 3.17. The van der Waals surface area contributed by atoms with Crippen LogP contribution in [0.5, 0.6) is 0 Å². The predicted molar refractivity (Wildman–Crippen MR) is 119 cm³/mol. The molecule has 2 atom stereocenters. The van der Waals surface area contributed by atoms with Gasteiger partial charge in [-0.2, -0.15) is 0 Å². The van der Waals surface area contributed by atoms with E-state index < -0.39 is 10.0 Å². The lowest BCUT2D eigenvalue weighted by Gasteiger charge is -2.42. The van der Waals surface area contributed by atoms with Crippen LogP contribution in [0.15, 0.2) is 31.0 Å². The van der Waals surface area contributed by atoms with Gasteiger partial charge in [-0.25, -0.2) is 18.4 Å². The number of rotatable bonds is 4. The molecule has 32 heavy (non-hydrogen) atoms. The molecule has 6 rings (SSSR count). The molecular formula is C21H24N8O2S. The highest BCUT2D eigenvalue weighted by atomic mass is 32.2. The van der Waals surface area contributed by atoms with Crippen molar-refractivity contribution in [1.82, 2.24) is 29.7 Å². The van der Waals surface area contributed by atoms with Crippen LogP contribution in [-0.4, -0.2) is 50.4 Å². The van der Waals surface area contributed by atoms with Gasteiger partial charge in [0.2, 0.25) is 10.0 Å². The summed E-state index contributed by atoms with van der Waals surface area (Å²) in [5.74, 6) is 2.73. The first-order valence-electron chi connectivity index (χ1n) is 10.9. The molecule has 2 aliphatic carbocycles. The molecule has 1 aliphatic heterocycles. The highest BCUT2D eigenvalue weighted by Crippen LogP contribution is 2.61. The van der Waals surface area contributed by atoms with Crippen molar-refractivity contribution >= 4 is 21.5 Å². The molecule has 0 bridgehead atoms. The van der Waals surface area contributed by atoms with Gasteiger partial charge in [-0.1, -0.05) is 19.8 Å². The first-order chi connectivity index (χ1) is 15.4. The summed E-state index contributed by atoms with van der Waals surface area (Å²) in [7, 11) is -3.47. The van der Waals surface area contributed by atoms with Crippen LogP contribution in [0.1, 0.15) is 44.9 Å². The fourth-order valence-corrected chi connectivity index (χ4v) is 6.00. The Morgan fingerprint density at radius 3 is 2.72 bits per heavy atom. The zero-order valence-corrected chi connectivity index (χ0v) is 18.7. The quantitative estimate of drug-likeness (QED) is 0.641. The zero-order valence-electron chi connectivity index (χ0n) is 17.9. The molecule has 3 aromatic heterocycles. The van der Waals surface area contributed by atoms with Crippen molar-refractivity contribution in [2.45, 2.75) is 50.6 Å². The van der Waals surface area contributed by atoms with Crippen LogP contribution in [0.2, 0.25) is 0 Å². The monoisotopic (exact) mass is 452 g/mol. The van der Waals surface area contributed by atoms with E-state index in [1.807, 2.05) is 4.57 Å². The number of anilines is 2. The summed E-state index contributed by atoms with van der Waals surface area (Å²) in [6.45, 7) is 2.26. The lowest BCUT2D eigenvalue weighted by molar-refractivity contribution is 0.441. The summed E-state index contributed by atoms with van der Waals surface area (Å²) in [5.41, 5.74) is 1.61. The lowest BCUT2D eigenvalue weighted by Crippen LogP contribution is -2.48. The lowest BCUT2D eigenvalue weighted by atomic mass is 10.0. The number of hydrogen-bond donors (Lipinski definition) is 1. The Hall–Kier alpha value is -3.08. The summed E-state index contributed by atoms with van der Waals surface area (Å²) in [6, 6.07) is 2.12. The molecule has 1 N–H and O–H groups in total. The second-order valence-corrected chi connectivity index (χ2v) is 10.8. The van der Waals surface area contributed by atoms with Crippen LogP contribution in [0.25, 0.3) is 17.1 Å². The van der Waals surface area contributed by atoms with Crippen molar-refractivity contribution in [2.24, 2.45) is 5.92 Å². The maximum atomic E-state index is 11.9. The minimum atomic E-state index is -3.47. The van der Waals surface area contributed by atoms with E-state index >= 15 is 0 Å². The number of nitrogens with zero attached hydrogens (tertiary/aromatic N) is 7. The largest absolute Gasteiger partial charge is 0.338 e. The summed E-state index contributed by atoms with van der Waals surface area (Å²) in [6.07, 6.45) is 13.4. The molecule has 4 heterocycles. The van der Waals surface area contributed by atoms with Gasteiger partial charge in [0.15, 0.2) is 17.5 Å². The van der Waals surface area contributed by atoms with Crippen molar-refractivity contribution in [3.05, 3.63) is 36.8 Å². The van der Waals surface area contributed by atoms with Crippen LogP contribution in [0.3, 0.4) is 0 Å². The Bertz CT molecular complexity index is 1320. The van der Waals surface area contributed by atoms with E-state index in [1.165, 1.54) is 19.0 Å². The van der Waals surface area contributed by atoms with Crippen molar-refractivity contribution in [2.75, 3.05) is 15.9 Å². The second-order valence-electron chi connectivity index (χ2n) is 9.06. The standard InChI is InChI=1S/C21H24N8O2S/c1-13-9-21(13)20-26-24-12-28(20)17-11-23-18(25-19(17)29(21)14-5-3-4-6-14)15-7-8-22-10-16(15)27-32(2,30)31/h7-8,10-14,27H,3-6,9H2,1-2H3/t13-,21-/m0/s1. The Morgan fingerprint density at radius 2 is 2.00 bits per heavy atom. The SMILES string of the molecule is C[C@H]1C[C@@]12c1nncn1-c1cnc(-c3ccncc3NS(C)(=O)=O)nc1N2C1CCCC1. The van der Waals surface area contributed by atoms with E-state index in [0.29, 0.717) is 29.0 Å². The van der Waals surface area contributed by atoms with Crippen LogP contribution in [-0.2, 0) is 15.6 Å². The fourth-order valence-electron chi connectivity index (χ4n) is 5.43. The molecule has 0 saturated heterocycles. The summed E-state index contributed by atoms with van der Waals surface area (Å²) in [5, 5.41) is 8.72. The van der Waals surface area contributed by atoms with Gasteiger partial charge in [0.1, 0.15) is 17.6 Å². The van der Waals surface area contributed by atoms with E-state index in [4.69, 9.17) is 4.98 Å². The molecule has 166 valence electrons. The Labute approximate surface area is 186 Å². The van der Waals surface area contributed by atoms with Gasteiger partial charge >= 0.3 is 0 Å². The van der Waals surface area contributed by atoms with E-state index in [2.05, 4.69) is 36.7 Å². The molecule has 2 saturated carbocycles. The Kier molecular flexibility index (Phi) is 4.11. The van der Waals surface area contributed by atoms with Crippen molar-refractivity contribution in [3.8, 4) is 17.1 Å². The van der Waals surface area contributed by atoms with Crippen LogP contribution in [0, 0.1) is 5.92 Å². The summed E-state index contributed by atoms with van der Waals surface area (Å²) >= 11 is 0. The van der Waals surface area contributed by atoms with Gasteiger partial charge in [0, 0.05) is 17.8 Å². The first kappa shape index (κ1) is 19.6. The normalized spacial score (nSPS) is 24.4. The van der Waals surface area contributed by atoms with E-state index in [0.717, 1.165) is 42.8 Å². The molecule has 2 fully saturated rings. The zero-order chi connectivity index (χ0) is 22.1. The van der Waals surface area contributed by atoms with Gasteiger partial charge < -0.3 is 4.90 Å². The molecule has 3 aromatic rings. The maximum Gasteiger partial charge on any atom is 0.229 e. The van der Waals surface area contributed by atoms with Crippen molar-refractivity contribution in [3.63, 3.8) is 0 Å². The molecule has 10 nitrogen and oxygen atoms in total. The minimum absolute atomic E-state index is 0.198. The van der Waals surface area contributed by atoms with Crippen LogP contribution < -0.4 is 9.62 Å². The summed E-state index contributed by atoms with van der Waals surface area (Å²) < 4.78 is 28.3. The molecule has 0 radical (unpaired) electrons. The number of nitrogens with one attached hydrogen (secondary N) is 1. The highest BCUT2D eigenvalue weighted by molar-refractivity contribution is 7.92. The number of pyridine rings is 1. The van der Waals surface area contributed by atoms with Gasteiger partial charge in [0.25, 0.3) is 0 Å². The minimum Gasteiger partial charge on any atom is -0.338 e. The number of sulfonamides is 1. The molecule has 0 unspecified atom stereocenters.